The molecule has 0 aliphatic heterocycles. The van der Waals surface area contributed by atoms with Gasteiger partial charge in [0.2, 0.25) is 0 Å². The lowest BCUT2D eigenvalue weighted by molar-refractivity contribution is 0.267. The molecule has 0 amide bonds. The molecule has 152 valence electrons. The third-order valence-electron chi connectivity index (χ3n) is 4.75. The third-order valence-corrected chi connectivity index (χ3v) is 5.34. The first kappa shape index (κ1) is 21.2. The first-order chi connectivity index (χ1) is 14.0. The van der Waals surface area contributed by atoms with Crippen molar-refractivity contribution < 1.29 is 13.9 Å². The second-order valence-corrected chi connectivity index (χ2v) is 7.71. The molecule has 0 aliphatic carbocycles. The zero-order valence-corrected chi connectivity index (χ0v) is 18.5. The lowest BCUT2D eigenvalue weighted by Gasteiger charge is -2.17. The zero-order valence-electron chi connectivity index (χ0n) is 16.9. The maximum absolute atomic E-state index is 13.1. The molecule has 0 fully saturated rings. The summed E-state index contributed by atoms with van der Waals surface area (Å²) in [5.41, 5.74) is 5.60. The first-order valence-electron chi connectivity index (χ1n) is 9.60. The molecule has 3 nitrogen and oxygen atoms in total. The maximum atomic E-state index is 13.1. The van der Waals surface area contributed by atoms with Gasteiger partial charge in [-0.3, -0.25) is 0 Å². The zero-order chi connectivity index (χ0) is 20.8. The van der Waals surface area contributed by atoms with Gasteiger partial charge >= 0.3 is 0 Å². The van der Waals surface area contributed by atoms with Crippen LogP contribution in [0.25, 0.3) is 0 Å². The first-order valence-corrected chi connectivity index (χ1v) is 10.4. The van der Waals surface area contributed by atoms with Gasteiger partial charge in [0.15, 0.2) is 11.5 Å². The number of aryl methyl sites for hydroxylation is 1. The number of benzene rings is 3. The minimum Gasteiger partial charge on any atom is -0.490 e. The molecule has 0 saturated carbocycles. The quantitative estimate of drug-likeness (QED) is 0.403. The van der Waals surface area contributed by atoms with Crippen molar-refractivity contribution in [3.05, 3.63) is 87.1 Å². The van der Waals surface area contributed by atoms with Crippen LogP contribution in [0.5, 0.6) is 11.5 Å². The molecule has 5 heteroatoms. The summed E-state index contributed by atoms with van der Waals surface area (Å²) in [5, 5.41) is 3.50. The van der Waals surface area contributed by atoms with E-state index in [1.807, 2.05) is 19.1 Å². The molecule has 3 aromatic carbocycles. The molecule has 3 aromatic rings. The van der Waals surface area contributed by atoms with Crippen LogP contribution < -0.4 is 14.8 Å². The lowest BCUT2D eigenvalue weighted by Crippen LogP contribution is -2.05. The minimum absolute atomic E-state index is 0.259. The van der Waals surface area contributed by atoms with Crippen molar-refractivity contribution >= 4 is 21.6 Å². The van der Waals surface area contributed by atoms with E-state index in [2.05, 4.69) is 53.3 Å². The molecule has 0 unspecified atom stereocenters. The van der Waals surface area contributed by atoms with Crippen LogP contribution in [0.15, 0.2) is 59.1 Å². The molecule has 29 heavy (non-hydrogen) atoms. The number of halogens is 2. The van der Waals surface area contributed by atoms with Gasteiger partial charge in [0.05, 0.1) is 11.1 Å². The maximum Gasteiger partial charge on any atom is 0.175 e. The van der Waals surface area contributed by atoms with Crippen molar-refractivity contribution in [2.45, 2.75) is 33.9 Å². The van der Waals surface area contributed by atoms with Crippen molar-refractivity contribution in [3.8, 4) is 11.5 Å². The second kappa shape index (κ2) is 9.79. The van der Waals surface area contributed by atoms with E-state index < -0.39 is 0 Å². The lowest BCUT2D eigenvalue weighted by atomic mass is 10.1. The molecule has 0 saturated heterocycles. The van der Waals surface area contributed by atoms with Crippen molar-refractivity contribution in [1.29, 1.82) is 0 Å². The van der Waals surface area contributed by atoms with Crippen LogP contribution in [-0.4, -0.2) is 6.61 Å². The fourth-order valence-electron chi connectivity index (χ4n) is 3.00. The summed E-state index contributed by atoms with van der Waals surface area (Å²) in [4.78, 5) is 0. The number of hydrogen-bond donors (Lipinski definition) is 1. The summed E-state index contributed by atoms with van der Waals surface area (Å²) in [6.07, 6.45) is 0. The van der Waals surface area contributed by atoms with E-state index in [1.54, 1.807) is 12.1 Å². The number of ether oxygens (including phenoxy) is 2. The Labute approximate surface area is 180 Å². The number of rotatable bonds is 8. The molecule has 0 atom stereocenters. The van der Waals surface area contributed by atoms with Crippen molar-refractivity contribution in [3.63, 3.8) is 0 Å². The highest BCUT2D eigenvalue weighted by atomic mass is 79.9. The summed E-state index contributed by atoms with van der Waals surface area (Å²) >= 11 is 3.61. The van der Waals surface area contributed by atoms with Crippen LogP contribution in [0.2, 0.25) is 0 Å². The van der Waals surface area contributed by atoms with Crippen molar-refractivity contribution in [2.75, 3.05) is 11.9 Å². The van der Waals surface area contributed by atoms with E-state index in [4.69, 9.17) is 9.47 Å². The Hall–Kier alpha value is -2.53. The monoisotopic (exact) mass is 457 g/mol. The Morgan fingerprint density at radius 2 is 1.72 bits per heavy atom. The van der Waals surface area contributed by atoms with Crippen molar-refractivity contribution in [2.24, 2.45) is 0 Å². The van der Waals surface area contributed by atoms with Gasteiger partial charge in [-0.05, 0) is 89.3 Å². The van der Waals surface area contributed by atoms with E-state index in [-0.39, 0.29) is 5.82 Å². The highest BCUT2D eigenvalue weighted by molar-refractivity contribution is 9.10. The van der Waals surface area contributed by atoms with Crippen LogP contribution in [0.3, 0.4) is 0 Å². The summed E-state index contributed by atoms with van der Waals surface area (Å²) in [5.74, 6) is 1.07. The topological polar surface area (TPSA) is 30.5 Å². The average molecular weight is 458 g/mol. The molecule has 1 N–H and O–H groups in total. The summed E-state index contributed by atoms with van der Waals surface area (Å²) < 4.78 is 25.7. The third kappa shape index (κ3) is 5.51. The highest BCUT2D eigenvalue weighted by Gasteiger charge is 2.13. The van der Waals surface area contributed by atoms with Crippen molar-refractivity contribution in [1.82, 2.24) is 0 Å². The Morgan fingerprint density at radius 1 is 0.966 bits per heavy atom. The molecule has 0 aromatic heterocycles. The molecular formula is C24H25BrFNO2. The van der Waals surface area contributed by atoms with Crippen LogP contribution in [0.1, 0.15) is 29.2 Å². The number of anilines is 1. The SMILES string of the molecule is CCOc1cc(CNc2cccc(C)c2C)cc(Br)c1OCc1ccc(F)cc1. The molecule has 0 radical (unpaired) electrons. The fraction of sp³-hybridized carbons (Fsp3) is 0.250. The molecular weight excluding hydrogens is 433 g/mol. The molecule has 3 rings (SSSR count). The van der Waals surface area contributed by atoms with E-state index in [0.717, 1.165) is 21.3 Å². The van der Waals surface area contributed by atoms with Gasteiger partial charge in [-0.15, -0.1) is 0 Å². The van der Waals surface area contributed by atoms with Gasteiger partial charge in [-0.25, -0.2) is 4.39 Å². The smallest absolute Gasteiger partial charge is 0.175 e. The predicted molar refractivity (Wildman–Crippen MR) is 119 cm³/mol. The van der Waals surface area contributed by atoms with Gasteiger partial charge in [0.25, 0.3) is 0 Å². The van der Waals surface area contributed by atoms with E-state index in [9.17, 15) is 4.39 Å². The standard InChI is InChI=1S/C24H25BrFNO2/c1-4-28-23-13-19(14-27-22-7-5-6-16(2)17(22)3)12-21(25)24(23)29-15-18-8-10-20(26)11-9-18/h5-13,27H,4,14-15H2,1-3H3. The Morgan fingerprint density at radius 3 is 2.45 bits per heavy atom. The number of hydrogen-bond acceptors (Lipinski definition) is 3. The van der Waals surface area contributed by atoms with Crippen LogP contribution in [-0.2, 0) is 13.2 Å². The predicted octanol–water partition coefficient (Wildman–Crippen LogP) is 6.79. The average Bonchev–Trinajstić information content (AvgIpc) is 2.70. The van der Waals surface area contributed by atoms with Gasteiger partial charge in [0, 0.05) is 12.2 Å². The van der Waals surface area contributed by atoms with Gasteiger partial charge < -0.3 is 14.8 Å². The van der Waals surface area contributed by atoms with Crippen LogP contribution >= 0.6 is 15.9 Å². The Bertz CT molecular complexity index is 973. The largest absolute Gasteiger partial charge is 0.490 e. The summed E-state index contributed by atoms with van der Waals surface area (Å²) in [7, 11) is 0. The normalized spacial score (nSPS) is 10.7. The summed E-state index contributed by atoms with van der Waals surface area (Å²) in [6, 6.07) is 16.6. The van der Waals surface area contributed by atoms with Gasteiger partial charge in [0.1, 0.15) is 12.4 Å². The molecule has 0 spiro atoms. The fourth-order valence-corrected chi connectivity index (χ4v) is 3.61. The van der Waals surface area contributed by atoms with Gasteiger partial charge in [-0.2, -0.15) is 0 Å². The summed E-state index contributed by atoms with van der Waals surface area (Å²) in [6.45, 7) is 7.70. The molecule has 0 bridgehead atoms. The van der Waals surface area contributed by atoms with E-state index in [0.29, 0.717) is 31.3 Å². The second-order valence-electron chi connectivity index (χ2n) is 6.85. The minimum atomic E-state index is -0.259. The van der Waals surface area contributed by atoms with E-state index in [1.165, 1.54) is 23.3 Å². The van der Waals surface area contributed by atoms with E-state index >= 15 is 0 Å². The molecule has 0 aliphatic rings. The van der Waals surface area contributed by atoms with Crippen LogP contribution in [0.4, 0.5) is 10.1 Å². The van der Waals surface area contributed by atoms with Gasteiger partial charge in [-0.1, -0.05) is 24.3 Å². The number of nitrogens with one attached hydrogen (secondary N) is 1. The molecule has 0 heterocycles. The van der Waals surface area contributed by atoms with Crippen LogP contribution in [0, 0.1) is 19.7 Å². The highest BCUT2D eigenvalue weighted by Crippen LogP contribution is 2.37. The Balaban J connectivity index is 1.76. The Kier molecular flexibility index (Phi) is 7.15.